The van der Waals surface area contributed by atoms with Crippen LogP contribution in [-0.2, 0) is 4.79 Å². The van der Waals surface area contributed by atoms with Crippen LogP contribution in [0, 0.1) is 11.3 Å². The second-order valence-corrected chi connectivity index (χ2v) is 8.08. The number of para-hydroxylation sites is 2. The Bertz CT molecular complexity index is 1690. The van der Waals surface area contributed by atoms with Gasteiger partial charge in [0.05, 0.1) is 22.3 Å². The Morgan fingerprint density at radius 1 is 1.06 bits per heavy atom. The molecule has 9 heteroatoms. The molecule has 8 nitrogen and oxygen atoms in total. The van der Waals surface area contributed by atoms with Crippen LogP contribution in [0.2, 0.25) is 5.02 Å². The van der Waals surface area contributed by atoms with E-state index in [1.807, 2.05) is 24.3 Å². The highest BCUT2D eigenvalue weighted by Gasteiger charge is 2.21. The topological polar surface area (TPSA) is 110 Å². The van der Waals surface area contributed by atoms with Crippen LogP contribution in [0.4, 0.5) is 5.82 Å². The molecule has 0 atom stereocenters. The van der Waals surface area contributed by atoms with Crippen molar-refractivity contribution < 1.29 is 13.9 Å². The Morgan fingerprint density at radius 3 is 2.56 bits per heavy atom. The minimum Gasteiger partial charge on any atom is -0.476 e. The number of rotatable bonds is 6. The lowest BCUT2D eigenvalue weighted by molar-refractivity contribution is -0.118. The predicted octanol–water partition coefficient (Wildman–Crippen LogP) is 5.19. The lowest BCUT2D eigenvalue weighted by atomic mass is 10.1. The van der Waals surface area contributed by atoms with E-state index in [1.165, 1.54) is 10.9 Å². The fourth-order valence-electron chi connectivity index (χ4n) is 3.70. The zero-order valence-electron chi connectivity index (χ0n) is 18.6. The number of hydrogen-bond acceptors (Lipinski definition) is 6. The van der Waals surface area contributed by atoms with Crippen LogP contribution in [0.1, 0.15) is 5.56 Å². The van der Waals surface area contributed by atoms with Crippen LogP contribution in [-0.4, -0.2) is 22.3 Å². The average Bonchev–Trinajstić information content (AvgIpc) is 3.31. The first-order chi connectivity index (χ1) is 17.6. The zero-order chi connectivity index (χ0) is 25.1. The van der Waals surface area contributed by atoms with Crippen LogP contribution in [0.15, 0.2) is 94.3 Å². The summed E-state index contributed by atoms with van der Waals surface area (Å²) in [5, 5.41) is 17.0. The van der Waals surface area contributed by atoms with Gasteiger partial charge in [-0.3, -0.25) is 9.59 Å². The lowest BCUT2D eigenvalue weighted by Crippen LogP contribution is -2.24. The molecule has 0 fully saturated rings. The molecule has 5 aromatic rings. The van der Waals surface area contributed by atoms with Crippen molar-refractivity contribution in [1.82, 2.24) is 9.78 Å². The van der Waals surface area contributed by atoms with Gasteiger partial charge in [0.1, 0.15) is 17.2 Å². The standard InChI is InChI=1S/C27H17ClN4O4/c28-21-12-6-4-10-19(21)25-26(24(34)20-11-5-7-13-22(20)36-25)35-16-23(33)31-27-17(14-29)15-30-32(27)18-8-2-1-3-9-18/h1-13,15H,16H2,(H,31,33). The molecule has 0 aliphatic heterocycles. The van der Waals surface area contributed by atoms with E-state index in [1.54, 1.807) is 60.7 Å². The number of amides is 1. The lowest BCUT2D eigenvalue weighted by Gasteiger charge is -2.13. The number of halogens is 1. The molecule has 0 unspecified atom stereocenters. The Hall–Kier alpha value is -4.87. The Labute approximate surface area is 209 Å². The first kappa shape index (κ1) is 22.9. The first-order valence-electron chi connectivity index (χ1n) is 10.8. The molecule has 3 aromatic carbocycles. The molecule has 1 amide bonds. The van der Waals surface area contributed by atoms with E-state index < -0.39 is 17.9 Å². The van der Waals surface area contributed by atoms with Crippen LogP contribution in [0.5, 0.6) is 5.75 Å². The van der Waals surface area contributed by atoms with Gasteiger partial charge in [-0.2, -0.15) is 10.4 Å². The summed E-state index contributed by atoms with van der Waals surface area (Å²) in [6.45, 7) is -0.522. The normalized spacial score (nSPS) is 10.7. The minimum atomic E-state index is -0.596. The van der Waals surface area contributed by atoms with Crippen LogP contribution in [0.3, 0.4) is 0 Å². The molecule has 0 aliphatic carbocycles. The highest BCUT2D eigenvalue weighted by atomic mass is 35.5. The Kier molecular flexibility index (Phi) is 6.22. The van der Waals surface area contributed by atoms with E-state index in [-0.39, 0.29) is 22.9 Å². The molecule has 0 spiro atoms. The number of carbonyl (C=O) groups excluding carboxylic acids is 1. The minimum absolute atomic E-state index is 0.115. The SMILES string of the molecule is N#Cc1cnn(-c2ccccc2)c1NC(=O)COc1c(-c2ccccc2Cl)oc2ccccc2c1=O. The maximum atomic E-state index is 13.3. The first-order valence-corrected chi connectivity index (χ1v) is 11.2. The van der Waals surface area contributed by atoms with Crippen molar-refractivity contribution in [2.45, 2.75) is 0 Å². The second kappa shape index (κ2) is 9.78. The van der Waals surface area contributed by atoms with E-state index in [9.17, 15) is 14.9 Å². The third kappa shape index (κ3) is 4.31. The molecule has 5 rings (SSSR count). The Balaban J connectivity index is 1.48. The van der Waals surface area contributed by atoms with Crippen molar-refractivity contribution in [1.29, 1.82) is 5.26 Å². The monoisotopic (exact) mass is 496 g/mol. The van der Waals surface area contributed by atoms with Crippen molar-refractivity contribution in [3.05, 3.63) is 106 Å². The van der Waals surface area contributed by atoms with E-state index in [2.05, 4.69) is 10.4 Å². The fourth-order valence-corrected chi connectivity index (χ4v) is 3.92. The third-order valence-corrected chi connectivity index (χ3v) is 5.70. The number of nitrogens with one attached hydrogen (secondary N) is 1. The number of fused-ring (bicyclic) bond motifs is 1. The van der Waals surface area contributed by atoms with Crippen molar-refractivity contribution in [2.75, 3.05) is 11.9 Å². The highest BCUT2D eigenvalue weighted by Crippen LogP contribution is 2.35. The number of carbonyl (C=O) groups is 1. The van der Waals surface area contributed by atoms with Gasteiger partial charge in [-0.15, -0.1) is 0 Å². The summed E-state index contributed by atoms with van der Waals surface area (Å²) in [6, 6.07) is 24.7. The van der Waals surface area contributed by atoms with Gasteiger partial charge in [0.15, 0.2) is 18.2 Å². The molecule has 0 radical (unpaired) electrons. The largest absolute Gasteiger partial charge is 0.476 e. The smallest absolute Gasteiger partial charge is 0.263 e. The predicted molar refractivity (Wildman–Crippen MR) is 135 cm³/mol. The number of nitriles is 1. The van der Waals surface area contributed by atoms with E-state index in [0.717, 1.165) is 0 Å². The maximum Gasteiger partial charge on any atom is 0.263 e. The molecular weight excluding hydrogens is 480 g/mol. The summed E-state index contributed by atoms with van der Waals surface area (Å²) < 4.78 is 13.2. The molecule has 2 aromatic heterocycles. The van der Waals surface area contributed by atoms with E-state index in [4.69, 9.17) is 20.8 Å². The second-order valence-electron chi connectivity index (χ2n) is 7.67. The van der Waals surface area contributed by atoms with Gasteiger partial charge < -0.3 is 14.5 Å². The summed E-state index contributed by atoms with van der Waals surface area (Å²) in [5.41, 5.74) is 1.21. The van der Waals surface area contributed by atoms with Crippen molar-refractivity contribution in [2.24, 2.45) is 0 Å². The molecule has 1 N–H and O–H groups in total. The highest BCUT2D eigenvalue weighted by molar-refractivity contribution is 6.33. The number of aromatic nitrogens is 2. The quantitative estimate of drug-likeness (QED) is 0.346. The van der Waals surface area contributed by atoms with Gasteiger partial charge >= 0.3 is 0 Å². The van der Waals surface area contributed by atoms with Gasteiger partial charge in [-0.1, -0.05) is 54.1 Å². The number of hydrogen-bond donors (Lipinski definition) is 1. The van der Waals surface area contributed by atoms with Gasteiger partial charge in [0.25, 0.3) is 5.91 Å². The summed E-state index contributed by atoms with van der Waals surface area (Å²) >= 11 is 6.36. The third-order valence-electron chi connectivity index (χ3n) is 5.37. The molecule has 0 saturated heterocycles. The van der Waals surface area contributed by atoms with E-state index >= 15 is 0 Å². The number of nitrogens with zero attached hydrogens (tertiary/aromatic N) is 3. The molecule has 176 valence electrons. The summed E-state index contributed by atoms with van der Waals surface area (Å²) in [7, 11) is 0. The number of benzene rings is 3. The summed E-state index contributed by atoms with van der Waals surface area (Å²) in [5.74, 6) is -0.436. The van der Waals surface area contributed by atoms with Crippen molar-refractivity contribution >= 4 is 34.3 Å². The van der Waals surface area contributed by atoms with Gasteiger partial charge in [0.2, 0.25) is 11.2 Å². The average molecular weight is 497 g/mol. The van der Waals surface area contributed by atoms with E-state index in [0.29, 0.717) is 27.2 Å². The number of ether oxygens (including phenoxy) is 1. The maximum absolute atomic E-state index is 13.3. The molecule has 36 heavy (non-hydrogen) atoms. The van der Waals surface area contributed by atoms with Gasteiger partial charge in [-0.25, -0.2) is 4.68 Å². The molecular formula is C27H17ClN4O4. The molecule has 2 heterocycles. The zero-order valence-corrected chi connectivity index (χ0v) is 19.4. The Morgan fingerprint density at radius 2 is 1.78 bits per heavy atom. The van der Waals surface area contributed by atoms with Crippen LogP contribution < -0.4 is 15.5 Å². The van der Waals surface area contributed by atoms with Crippen LogP contribution >= 0.6 is 11.6 Å². The van der Waals surface area contributed by atoms with Gasteiger partial charge in [-0.05, 0) is 36.4 Å². The molecule has 0 bridgehead atoms. The van der Waals surface area contributed by atoms with Crippen molar-refractivity contribution in [3.63, 3.8) is 0 Å². The molecule has 0 aliphatic rings. The van der Waals surface area contributed by atoms with Crippen LogP contribution in [0.25, 0.3) is 28.0 Å². The van der Waals surface area contributed by atoms with Gasteiger partial charge in [0, 0.05) is 5.56 Å². The van der Waals surface area contributed by atoms with Crippen molar-refractivity contribution in [3.8, 4) is 28.8 Å². The summed E-state index contributed by atoms with van der Waals surface area (Å²) in [6.07, 6.45) is 1.36. The fraction of sp³-hybridized carbons (Fsp3) is 0.0370. The summed E-state index contributed by atoms with van der Waals surface area (Å²) in [4.78, 5) is 26.2. The molecule has 0 saturated carbocycles. The number of anilines is 1.